The minimum absolute atomic E-state index is 0.131. The highest BCUT2D eigenvalue weighted by Gasteiger charge is 2.38. The Hall–Kier alpha value is -2.13. The number of aromatic nitrogens is 1. The number of oxazole rings is 1. The van der Waals surface area contributed by atoms with Crippen LogP contribution in [0.5, 0.6) is 0 Å². The predicted octanol–water partition coefficient (Wildman–Crippen LogP) is 3.72. The number of hydroxylamine groups is 1. The van der Waals surface area contributed by atoms with Crippen molar-refractivity contribution in [3.8, 4) is 0 Å². The van der Waals surface area contributed by atoms with Crippen LogP contribution in [0, 0.1) is 0 Å². The summed E-state index contributed by atoms with van der Waals surface area (Å²) < 4.78 is 18.4. The number of hydrogen-bond donors (Lipinski definition) is 1. The number of nitrogens with one attached hydrogen (secondary N) is 1. The lowest BCUT2D eigenvalue weighted by molar-refractivity contribution is -0.0419. The van der Waals surface area contributed by atoms with Crippen molar-refractivity contribution in [2.75, 3.05) is 40.5 Å². The molecule has 2 aliphatic rings. The van der Waals surface area contributed by atoms with Gasteiger partial charge in [0.2, 0.25) is 0 Å². The van der Waals surface area contributed by atoms with Gasteiger partial charge in [-0.05, 0) is 63.6 Å². The Balaban J connectivity index is 1.41. The molecule has 1 N–H and O–H groups in total. The fourth-order valence-corrected chi connectivity index (χ4v) is 5.41. The third-order valence-corrected chi connectivity index (χ3v) is 7.43. The van der Waals surface area contributed by atoms with Crippen LogP contribution < -0.4 is 11.2 Å². The van der Waals surface area contributed by atoms with E-state index in [9.17, 15) is 4.79 Å². The largest absolute Gasteiger partial charge is 0.420 e. The second-order valence-electron chi connectivity index (χ2n) is 9.48. The topological polar surface area (TPSA) is 78.1 Å². The molecule has 1 saturated heterocycles. The van der Waals surface area contributed by atoms with Crippen molar-refractivity contribution in [2.24, 2.45) is 0 Å². The van der Waals surface area contributed by atoms with Gasteiger partial charge in [-0.3, -0.25) is 19.8 Å². The first-order chi connectivity index (χ1) is 15.9. The zero-order valence-electron chi connectivity index (χ0n) is 20.1. The minimum Gasteiger partial charge on any atom is -0.408 e. The lowest BCUT2D eigenvalue weighted by Gasteiger charge is -2.48. The van der Waals surface area contributed by atoms with Crippen molar-refractivity contribution < 1.29 is 18.7 Å². The van der Waals surface area contributed by atoms with E-state index in [1.54, 1.807) is 14.2 Å². The van der Waals surface area contributed by atoms with E-state index in [0.717, 1.165) is 62.7 Å². The number of ether oxygens (including phenoxy) is 2. The van der Waals surface area contributed by atoms with Crippen molar-refractivity contribution in [1.29, 1.82) is 0 Å². The molecule has 0 amide bonds. The summed E-state index contributed by atoms with van der Waals surface area (Å²) in [7, 11) is 3.26. The van der Waals surface area contributed by atoms with E-state index >= 15 is 0 Å². The lowest BCUT2D eigenvalue weighted by atomic mass is 9.79. The molecule has 0 spiro atoms. The highest BCUT2D eigenvalue weighted by Crippen LogP contribution is 2.38. The Morgan fingerprint density at radius 3 is 2.58 bits per heavy atom. The van der Waals surface area contributed by atoms with Crippen LogP contribution in [0.4, 0.5) is 0 Å². The summed E-state index contributed by atoms with van der Waals surface area (Å²) in [5.74, 6) is -0.286. The molecule has 2 fully saturated rings. The molecular weight excluding hydrogens is 422 g/mol. The van der Waals surface area contributed by atoms with Gasteiger partial charge in [-0.1, -0.05) is 6.58 Å². The van der Waals surface area contributed by atoms with Gasteiger partial charge in [0.15, 0.2) is 5.58 Å². The van der Waals surface area contributed by atoms with E-state index in [2.05, 4.69) is 23.9 Å². The van der Waals surface area contributed by atoms with E-state index in [1.807, 2.05) is 22.8 Å². The summed E-state index contributed by atoms with van der Waals surface area (Å²) in [5.41, 5.74) is 5.90. The minimum atomic E-state index is -0.286. The second-order valence-corrected chi connectivity index (χ2v) is 9.48. The SMILES string of the molecule is C=C(NOC)c1ccc2oc(=O)n(C3CCN(C4(C)CCC(OCCOC)CC4)CC3)c2c1. The second kappa shape index (κ2) is 10.4. The number of nitrogens with zero attached hydrogens (tertiary/aromatic N) is 2. The molecule has 182 valence electrons. The van der Waals surface area contributed by atoms with Gasteiger partial charge >= 0.3 is 5.76 Å². The number of methoxy groups -OCH3 is 1. The Morgan fingerprint density at radius 1 is 1.18 bits per heavy atom. The molecule has 8 heteroatoms. The van der Waals surface area contributed by atoms with Crippen molar-refractivity contribution in [3.05, 3.63) is 40.9 Å². The van der Waals surface area contributed by atoms with Gasteiger partial charge < -0.3 is 13.9 Å². The van der Waals surface area contributed by atoms with Crippen LogP contribution in [0.3, 0.4) is 0 Å². The van der Waals surface area contributed by atoms with Crippen molar-refractivity contribution >= 4 is 16.8 Å². The fourth-order valence-electron chi connectivity index (χ4n) is 5.41. The lowest BCUT2D eigenvalue weighted by Crippen LogP contribution is -2.53. The normalized spacial score (nSPS) is 24.9. The monoisotopic (exact) mass is 459 g/mol. The van der Waals surface area contributed by atoms with Gasteiger partial charge in [0.25, 0.3) is 0 Å². The van der Waals surface area contributed by atoms with Crippen LogP contribution in [0.2, 0.25) is 0 Å². The van der Waals surface area contributed by atoms with Crippen molar-refractivity contribution in [3.63, 3.8) is 0 Å². The molecule has 0 bridgehead atoms. The molecule has 2 aromatic rings. The van der Waals surface area contributed by atoms with Gasteiger partial charge in [-0.25, -0.2) is 4.79 Å². The van der Waals surface area contributed by atoms with Gasteiger partial charge in [0.05, 0.1) is 37.6 Å². The molecule has 8 nitrogen and oxygen atoms in total. The Morgan fingerprint density at radius 2 is 1.91 bits per heavy atom. The number of benzene rings is 1. The Bertz CT molecular complexity index is 997. The summed E-state index contributed by atoms with van der Waals surface area (Å²) in [4.78, 5) is 20.3. The Labute approximate surface area is 195 Å². The maximum atomic E-state index is 12.7. The molecule has 1 aromatic heterocycles. The third-order valence-electron chi connectivity index (χ3n) is 7.43. The molecule has 0 unspecified atom stereocenters. The molecule has 33 heavy (non-hydrogen) atoms. The zero-order valence-corrected chi connectivity index (χ0v) is 20.1. The van der Waals surface area contributed by atoms with E-state index in [4.69, 9.17) is 18.7 Å². The van der Waals surface area contributed by atoms with Crippen LogP contribution in [0.15, 0.2) is 34.0 Å². The van der Waals surface area contributed by atoms with Crippen molar-refractivity contribution in [1.82, 2.24) is 14.9 Å². The first-order valence-electron chi connectivity index (χ1n) is 11.9. The van der Waals surface area contributed by atoms with Crippen molar-refractivity contribution in [2.45, 2.75) is 63.1 Å². The van der Waals surface area contributed by atoms with Gasteiger partial charge in [0, 0.05) is 37.3 Å². The number of piperidine rings is 1. The number of likely N-dealkylation sites (tertiary alicyclic amines) is 1. The molecule has 2 heterocycles. The zero-order chi connectivity index (χ0) is 23.4. The summed E-state index contributed by atoms with van der Waals surface area (Å²) in [5, 5.41) is 0. The summed E-state index contributed by atoms with van der Waals surface area (Å²) in [6, 6.07) is 5.79. The quantitative estimate of drug-likeness (QED) is 0.452. The molecule has 1 saturated carbocycles. The predicted molar refractivity (Wildman–Crippen MR) is 128 cm³/mol. The van der Waals surface area contributed by atoms with E-state index in [1.165, 1.54) is 0 Å². The number of hydrogen-bond acceptors (Lipinski definition) is 7. The summed E-state index contributed by atoms with van der Waals surface area (Å²) in [6.45, 7) is 9.66. The van der Waals surface area contributed by atoms with Crippen LogP contribution >= 0.6 is 0 Å². The third kappa shape index (κ3) is 5.19. The van der Waals surface area contributed by atoms with E-state index in [-0.39, 0.29) is 17.3 Å². The maximum Gasteiger partial charge on any atom is 0.420 e. The molecule has 1 aromatic carbocycles. The van der Waals surface area contributed by atoms with Crippen LogP contribution in [-0.2, 0) is 14.3 Å². The van der Waals surface area contributed by atoms with E-state index in [0.29, 0.717) is 30.6 Å². The van der Waals surface area contributed by atoms with Crippen LogP contribution in [-0.4, -0.2) is 61.6 Å². The molecule has 0 atom stereocenters. The van der Waals surface area contributed by atoms with Crippen LogP contribution in [0.1, 0.15) is 57.1 Å². The van der Waals surface area contributed by atoms with Crippen LogP contribution in [0.25, 0.3) is 16.8 Å². The smallest absolute Gasteiger partial charge is 0.408 e. The number of fused-ring (bicyclic) bond motifs is 1. The average Bonchev–Trinajstić information content (AvgIpc) is 3.15. The molecular formula is C25H37N3O5. The van der Waals surface area contributed by atoms with Gasteiger partial charge in [-0.15, -0.1) is 0 Å². The molecule has 1 aliphatic carbocycles. The number of rotatable bonds is 9. The van der Waals surface area contributed by atoms with Gasteiger partial charge in [-0.2, -0.15) is 0 Å². The highest BCUT2D eigenvalue weighted by molar-refractivity contribution is 5.78. The first kappa shape index (κ1) is 24.0. The molecule has 4 rings (SSSR count). The maximum absolute atomic E-state index is 12.7. The summed E-state index contributed by atoms with van der Waals surface area (Å²) >= 11 is 0. The standard InChI is InChI=1S/C25H37N3O5/c1-18(26-31-4)19-5-6-23-22(17-19)28(24(29)33-23)20-9-13-27(14-10-20)25(2)11-7-21(8-12-25)32-16-15-30-3/h5-6,17,20-21,26H,1,7-16H2,2-4H3. The highest BCUT2D eigenvalue weighted by atomic mass is 16.6. The Kier molecular flexibility index (Phi) is 7.58. The first-order valence-corrected chi connectivity index (χ1v) is 11.9. The molecule has 0 radical (unpaired) electrons. The fraction of sp³-hybridized carbons (Fsp3) is 0.640. The molecule has 1 aliphatic heterocycles. The van der Waals surface area contributed by atoms with Gasteiger partial charge in [0.1, 0.15) is 0 Å². The summed E-state index contributed by atoms with van der Waals surface area (Å²) in [6.07, 6.45) is 6.67. The van der Waals surface area contributed by atoms with E-state index < -0.39 is 0 Å². The average molecular weight is 460 g/mol.